The molecule has 0 aliphatic carbocycles. The summed E-state index contributed by atoms with van der Waals surface area (Å²) in [6, 6.07) is 1.13. The van der Waals surface area contributed by atoms with Crippen molar-refractivity contribution in [1.82, 2.24) is 24.7 Å². The van der Waals surface area contributed by atoms with Gasteiger partial charge in [0.2, 0.25) is 0 Å². The van der Waals surface area contributed by atoms with Crippen LogP contribution in [0.25, 0.3) is 16.9 Å². The van der Waals surface area contributed by atoms with Gasteiger partial charge in [-0.05, 0) is 13.0 Å². The summed E-state index contributed by atoms with van der Waals surface area (Å²) in [5, 5.41) is 3.13. The second kappa shape index (κ2) is 6.24. The summed E-state index contributed by atoms with van der Waals surface area (Å²) in [4.78, 5) is 14.3. The minimum Gasteiger partial charge on any atom is -0.354 e. The number of pyridine rings is 1. The molecule has 26 heavy (non-hydrogen) atoms. The van der Waals surface area contributed by atoms with Gasteiger partial charge in [-0.3, -0.25) is 4.98 Å². The van der Waals surface area contributed by atoms with Gasteiger partial charge in [0.05, 0.1) is 23.1 Å². The Kier molecular flexibility index (Phi) is 4.03. The molecular weight excluding hydrogens is 345 g/mol. The maximum Gasteiger partial charge on any atom is 0.419 e. The summed E-state index contributed by atoms with van der Waals surface area (Å²) in [5.74, 6) is -0.0256. The number of aryl methyl sites for hydroxylation is 1. The molecule has 4 heterocycles. The first-order valence-corrected chi connectivity index (χ1v) is 8.26. The van der Waals surface area contributed by atoms with E-state index in [0.29, 0.717) is 43.1 Å². The first-order valence-electron chi connectivity index (χ1n) is 8.26. The number of aromatic nitrogens is 4. The van der Waals surface area contributed by atoms with Gasteiger partial charge < -0.3 is 14.6 Å². The van der Waals surface area contributed by atoms with Gasteiger partial charge in [0.15, 0.2) is 5.65 Å². The van der Waals surface area contributed by atoms with E-state index in [1.54, 1.807) is 27.9 Å². The smallest absolute Gasteiger partial charge is 0.354 e. The zero-order valence-corrected chi connectivity index (χ0v) is 14.1. The normalized spacial score (nSPS) is 15.6. The molecule has 0 bridgehead atoms. The average Bonchev–Trinajstić information content (AvgIpc) is 3.00. The van der Waals surface area contributed by atoms with Crippen molar-refractivity contribution in [2.45, 2.75) is 13.1 Å². The topological polar surface area (TPSA) is 58.4 Å². The van der Waals surface area contributed by atoms with Crippen molar-refractivity contribution in [2.75, 3.05) is 31.1 Å². The molecular formula is C17H17F3N6. The lowest BCUT2D eigenvalue weighted by atomic mass is 10.1. The van der Waals surface area contributed by atoms with E-state index in [-0.39, 0.29) is 5.82 Å². The minimum absolute atomic E-state index is 0.0256. The van der Waals surface area contributed by atoms with Crippen LogP contribution in [-0.2, 0) is 6.18 Å². The molecule has 1 N–H and O–H groups in total. The second-order valence-electron chi connectivity index (χ2n) is 6.25. The molecule has 0 radical (unpaired) electrons. The van der Waals surface area contributed by atoms with E-state index in [9.17, 15) is 13.2 Å². The van der Waals surface area contributed by atoms with Crippen molar-refractivity contribution < 1.29 is 13.2 Å². The van der Waals surface area contributed by atoms with Crippen molar-refractivity contribution in [3.8, 4) is 11.3 Å². The third kappa shape index (κ3) is 3.10. The van der Waals surface area contributed by atoms with Gasteiger partial charge in [-0.15, -0.1) is 0 Å². The van der Waals surface area contributed by atoms with Crippen molar-refractivity contribution in [3.05, 3.63) is 42.1 Å². The summed E-state index contributed by atoms with van der Waals surface area (Å²) >= 11 is 0. The lowest BCUT2D eigenvalue weighted by Gasteiger charge is -2.30. The molecule has 0 aromatic carbocycles. The van der Waals surface area contributed by atoms with E-state index < -0.39 is 11.7 Å². The van der Waals surface area contributed by atoms with Crippen LogP contribution in [0.5, 0.6) is 0 Å². The van der Waals surface area contributed by atoms with Gasteiger partial charge in [-0.1, -0.05) is 0 Å². The monoisotopic (exact) mass is 362 g/mol. The number of nitrogens with one attached hydrogen (secondary N) is 1. The van der Waals surface area contributed by atoms with Crippen LogP contribution in [0, 0.1) is 6.92 Å². The Balaban J connectivity index is 1.78. The highest BCUT2D eigenvalue weighted by Crippen LogP contribution is 2.37. The predicted molar refractivity (Wildman–Crippen MR) is 91.0 cm³/mol. The molecule has 9 heteroatoms. The number of imidazole rings is 1. The van der Waals surface area contributed by atoms with Crippen molar-refractivity contribution in [2.24, 2.45) is 0 Å². The molecule has 1 saturated heterocycles. The van der Waals surface area contributed by atoms with Crippen molar-refractivity contribution in [3.63, 3.8) is 0 Å². The molecule has 6 nitrogen and oxygen atoms in total. The van der Waals surface area contributed by atoms with Crippen LogP contribution in [0.4, 0.5) is 19.0 Å². The molecule has 0 unspecified atom stereocenters. The quantitative estimate of drug-likeness (QED) is 0.759. The van der Waals surface area contributed by atoms with Crippen LogP contribution in [0.1, 0.15) is 11.3 Å². The number of halogens is 3. The van der Waals surface area contributed by atoms with Gasteiger partial charge >= 0.3 is 6.18 Å². The Morgan fingerprint density at radius 2 is 1.85 bits per heavy atom. The lowest BCUT2D eigenvalue weighted by Crippen LogP contribution is -2.44. The van der Waals surface area contributed by atoms with Crippen LogP contribution in [0.3, 0.4) is 0 Å². The molecule has 0 saturated carbocycles. The van der Waals surface area contributed by atoms with Crippen LogP contribution >= 0.6 is 0 Å². The van der Waals surface area contributed by atoms with Crippen LogP contribution in [0.2, 0.25) is 0 Å². The first kappa shape index (κ1) is 16.8. The van der Waals surface area contributed by atoms with Gasteiger partial charge in [-0.25, -0.2) is 9.97 Å². The molecule has 0 atom stereocenters. The fraction of sp³-hybridized carbons (Fsp3) is 0.353. The van der Waals surface area contributed by atoms with E-state index in [1.165, 1.54) is 6.20 Å². The molecule has 0 amide bonds. The average molecular weight is 362 g/mol. The summed E-state index contributed by atoms with van der Waals surface area (Å²) in [5.41, 5.74) is 1.46. The van der Waals surface area contributed by atoms with Crippen molar-refractivity contribution in [1.29, 1.82) is 0 Å². The lowest BCUT2D eigenvalue weighted by molar-refractivity contribution is -0.137. The molecule has 136 valence electrons. The van der Waals surface area contributed by atoms with E-state index in [4.69, 9.17) is 0 Å². The van der Waals surface area contributed by atoms with E-state index in [2.05, 4.69) is 20.3 Å². The zero-order valence-electron chi connectivity index (χ0n) is 14.1. The van der Waals surface area contributed by atoms with Gasteiger partial charge in [-0.2, -0.15) is 13.2 Å². The standard InChI is InChI=1S/C17H17F3N6/c1-11-9-26-10-14(22-8-15(26)24-11)12-6-13(17(18,19)20)16(23-7-12)25-4-2-21-3-5-25/h6-10,21H,2-5H2,1H3. The number of rotatable bonds is 2. The Labute approximate surface area is 147 Å². The highest BCUT2D eigenvalue weighted by atomic mass is 19.4. The van der Waals surface area contributed by atoms with Gasteiger partial charge in [0.1, 0.15) is 5.82 Å². The molecule has 3 aromatic heterocycles. The van der Waals surface area contributed by atoms with Gasteiger partial charge in [0, 0.05) is 50.3 Å². The van der Waals surface area contributed by atoms with Crippen LogP contribution in [0.15, 0.2) is 30.9 Å². The van der Waals surface area contributed by atoms with Crippen LogP contribution in [-0.4, -0.2) is 45.5 Å². The molecule has 3 aromatic rings. The van der Waals surface area contributed by atoms with Gasteiger partial charge in [0.25, 0.3) is 0 Å². The minimum atomic E-state index is -4.49. The highest BCUT2D eigenvalue weighted by Gasteiger charge is 2.36. The Morgan fingerprint density at radius 3 is 2.58 bits per heavy atom. The fourth-order valence-electron chi connectivity index (χ4n) is 3.11. The third-order valence-electron chi connectivity index (χ3n) is 4.35. The number of piperazine rings is 1. The molecule has 0 spiro atoms. The summed E-state index contributed by atoms with van der Waals surface area (Å²) < 4.78 is 42.7. The number of fused-ring (bicyclic) bond motifs is 1. The predicted octanol–water partition coefficient (Wildman–Crippen LogP) is 2.53. The molecule has 1 fully saturated rings. The molecule has 1 aliphatic rings. The maximum atomic E-state index is 13.6. The third-order valence-corrected chi connectivity index (χ3v) is 4.35. The number of alkyl halides is 3. The largest absolute Gasteiger partial charge is 0.419 e. The molecule has 4 rings (SSSR count). The van der Waals surface area contributed by atoms with Crippen molar-refractivity contribution >= 4 is 11.5 Å². The van der Waals surface area contributed by atoms with Crippen LogP contribution < -0.4 is 10.2 Å². The van der Waals surface area contributed by atoms with E-state index in [0.717, 1.165) is 11.8 Å². The maximum absolute atomic E-state index is 13.6. The SMILES string of the molecule is Cc1cn2cc(-c3cnc(N4CCNCC4)c(C(F)(F)F)c3)ncc2n1. The number of nitrogens with zero attached hydrogens (tertiary/aromatic N) is 5. The second-order valence-corrected chi connectivity index (χ2v) is 6.25. The van der Waals surface area contributed by atoms with E-state index >= 15 is 0 Å². The highest BCUT2D eigenvalue weighted by molar-refractivity contribution is 5.64. The summed E-state index contributed by atoms with van der Waals surface area (Å²) in [6.07, 6.45) is 1.97. The summed E-state index contributed by atoms with van der Waals surface area (Å²) in [7, 11) is 0. The first-order chi connectivity index (χ1) is 12.4. The summed E-state index contributed by atoms with van der Waals surface area (Å²) in [6.45, 7) is 4.11. The number of hydrogen-bond donors (Lipinski definition) is 1. The Morgan fingerprint density at radius 1 is 1.08 bits per heavy atom. The Bertz CT molecular complexity index is 943. The fourth-order valence-corrected chi connectivity index (χ4v) is 3.11. The number of hydrogen-bond acceptors (Lipinski definition) is 5. The number of anilines is 1. The zero-order chi connectivity index (χ0) is 18.3. The Hall–Kier alpha value is -2.68. The van der Waals surface area contributed by atoms with E-state index in [1.807, 2.05) is 6.92 Å². The molecule has 1 aliphatic heterocycles.